The molecule has 3 heterocycles. The highest BCUT2D eigenvalue weighted by molar-refractivity contribution is 5.91. The monoisotopic (exact) mass is 518 g/mol. The van der Waals surface area contributed by atoms with Gasteiger partial charge in [0.25, 0.3) is 5.56 Å². The normalized spacial score (nSPS) is 11.9. The van der Waals surface area contributed by atoms with E-state index < -0.39 is 0 Å². The molecule has 0 fully saturated rings. The number of rotatable bonds is 8. The molecule has 1 atom stereocenters. The average Bonchev–Trinajstić information content (AvgIpc) is 3.47. The van der Waals surface area contributed by atoms with Crippen LogP contribution in [0.5, 0.6) is 5.75 Å². The van der Waals surface area contributed by atoms with Gasteiger partial charge in [-0.15, -0.1) is 0 Å². The van der Waals surface area contributed by atoms with Crippen LogP contribution in [0.3, 0.4) is 0 Å². The molecule has 3 aromatic heterocycles. The molecule has 0 aliphatic heterocycles. The highest BCUT2D eigenvalue weighted by Gasteiger charge is 2.21. The van der Waals surface area contributed by atoms with Crippen molar-refractivity contribution in [3.8, 4) is 11.4 Å². The molecule has 0 saturated carbocycles. The molecule has 6 rings (SSSR count). The fourth-order valence-electron chi connectivity index (χ4n) is 4.60. The summed E-state index contributed by atoms with van der Waals surface area (Å²) < 4.78 is 6.91. The molecule has 0 amide bonds. The zero-order chi connectivity index (χ0) is 26.8. The molecular weight excluding hydrogens is 492 g/mol. The van der Waals surface area contributed by atoms with Crippen LogP contribution in [0.1, 0.15) is 24.4 Å². The van der Waals surface area contributed by atoms with E-state index in [-0.39, 0.29) is 11.6 Å². The first-order valence-corrected chi connectivity index (χ1v) is 12.5. The van der Waals surface area contributed by atoms with E-state index in [2.05, 4.69) is 30.6 Å². The maximum atomic E-state index is 14.2. The Hall–Kier alpha value is -5.25. The second-order valence-corrected chi connectivity index (χ2v) is 9.04. The van der Waals surface area contributed by atoms with Crippen LogP contribution in [0.2, 0.25) is 0 Å². The number of aromatic nitrogens is 6. The lowest BCUT2D eigenvalue weighted by atomic mass is 10.1. The van der Waals surface area contributed by atoms with Gasteiger partial charge in [0.05, 0.1) is 36.1 Å². The van der Waals surface area contributed by atoms with Crippen LogP contribution in [0.25, 0.3) is 27.8 Å². The molecule has 0 bridgehead atoms. The minimum absolute atomic E-state index is 0.165. The van der Waals surface area contributed by atoms with Crippen molar-refractivity contribution in [3.05, 3.63) is 107 Å². The fraction of sp³-hybridized carbons (Fsp3) is 0.138. The van der Waals surface area contributed by atoms with Crippen molar-refractivity contribution in [3.63, 3.8) is 0 Å². The lowest BCUT2D eigenvalue weighted by Gasteiger charge is -2.21. The van der Waals surface area contributed by atoms with Crippen LogP contribution in [-0.2, 0) is 6.54 Å². The maximum absolute atomic E-state index is 14.2. The van der Waals surface area contributed by atoms with Gasteiger partial charge in [-0.05, 0) is 48.9 Å². The summed E-state index contributed by atoms with van der Waals surface area (Å²) in [6, 6.07) is 22.6. The van der Waals surface area contributed by atoms with Crippen molar-refractivity contribution in [1.29, 1.82) is 0 Å². The SMILES string of the molecule is COc1ccc(CNc2cccc3nc([C@H](C)Nc4ncnc5nc[nH]c45)n(-c4ccccc4)c(=O)c23)cc1. The molecule has 0 aliphatic rings. The van der Waals surface area contributed by atoms with Crippen LogP contribution in [0, 0.1) is 0 Å². The number of nitrogens with zero attached hydrogens (tertiary/aromatic N) is 5. The number of aromatic amines is 1. The fourth-order valence-corrected chi connectivity index (χ4v) is 4.60. The molecule has 3 N–H and O–H groups in total. The van der Waals surface area contributed by atoms with E-state index in [9.17, 15) is 4.79 Å². The van der Waals surface area contributed by atoms with Crippen molar-refractivity contribution >= 4 is 33.6 Å². The third-order valence-electron chi connectivity index (χ3n) is 6.54. The minimum Gasteiger partial charge on any atom is -0.497 e. The van der Waals surface area contributed by atoms with Crippen LogP contribution >= 0.6 is 0 Å². The molecule has 194 valence electrons. The number of hydrogen-bond donors (Lipinski definition) is 3. The third kappa shape index (κ3) is 4.63. The first-order chi connectivity index (χ1) is 19.1. The molecule has 10 nitrogen and oxygen atoms in total. The molecule has 0 unspecified atom stereocenters. The van der Waals surface area contributed by atoms with E-state index in [0.29, 0.717) is 45.9 Å². The van der Waals surface area contributed by atoms with Gasteiger partial charge in [0, 0.05) is 12.2 Å². The number of anilines is 2. The Morgan fingerprint density at radius 3 is 2.59 bits per heavy atom. The van der Waals surface area contributed by atoms with Crippen LogP contribution in [-0.4, -0.2) is 36.6 Å². The summed E-state index contributed by atoms with van der Waals surface area (Å²) in [7, 11) is 1.64. The van der Waals surface area contributed by atoms with E-state index in [4.69, 9.17) is 9.72 Å². The zero-order valence-electron chi connectivity index (χ0n) is 21.4. The Kier molecular flexibility index (Phi) is 6.34. The molecular formula is C29H26N8O2. The summed E-state index contributed by atoms with van der Waals surface area (Å²) in [5, 5.41) is 7.34. The summed E-state index contributed by atoms with van der Waals surface area (Å²) in [6.45, 7) is 2.49. The second-order valence-electron chi connectivity index (χ2n) is 9.04. The minimum atomic E-state index is -0.375. The predicted molar refractivity (Wildman–Crippen MR) is 151 cm³/mol. The van der Waals surface area contributed by atoms with E-state index in [1.165, 1.54) is 6.33 Å². The van der Waals surface area contributed by atoms with Crippen molar-refractivity contribution in [2.75, 3.05) is 17.7 Å². The second kappa shape index (κ2) is 10.3. The van der Waals surface area contributed by atoms with Gasteiger partial charge < -0.3 is 20.4 Å². The van der Waals surface area contributed by atoms with Crippen LogP contribution < -0.4 is 20.9 Å². The molecule has 6 aromatic rings. The molecule has 0 aliphatic carbocycles. The highest BCUT2D eigenvalue weighted by atomic mass is 16.5. The van der Waals surface area contributed by atoms with Crippen LogP contribution in [0.4, 0.5) is 11.5 Å². The molecule has 0 saturated heterocycles. The first kappa shape index (κ1) is 24.1. The number of benzene rings is 3. The maximum Gasteiger partial charge on any atom is 0.268 e. The van der Waals surface area contributed by atoms with Crippen molar-refractivity contribution in [2.45, 2.75) is 19.5 Å². The van der Waals surface area contributed by atoms with E-state index >= 15 is 0 Å². The molecule has 3 aromatic carbocycles. The standard InChI is InChI=1S/C29H26N8O2/c1-18(35-27-25-26(32-16-31-25)33-17-34-27)28-36-23-10-6-9-22(30-15-19-11-13-21(39-2)14-12-19)24(23)29(38)37(28)20-7-4-3-5-8-20/h3-14,16-18,30H,15H2,1-2H3,(H2,31,32,33,34,35)/t18-/m0/s1. The lowest BCUT2D eigenvalue weighted by molar-refractivity contribution is 0.414. The Labute approximate surface area is 223 Å². The summed E-state index contributed by atoms with van der Waals surface area (Å²) in [4.78, 5) is 35.0. The summed E-state index contributed by atoms with van der Waals surface area (Å²) in [5.41, 5.74) is 4.18. The Bertz CT molecular complexity index is 1810. The number of ether oxygens (including phenoxy) is 1. The van der Waals surface area contributed by atoms with Gasteiger partial charge >= 0.3 is 0 Å². The van der Waals surface area contributed by atoms with Crippen LogP contribution in [0.15, 0.2) is 90.2 Å². The number of H-pyrrole nitrogens is 1. The van der Waals surface area contributed by atoms with Crippen molar-refractivity contribution < 1.29 is 4.74 Å². The van der Waals surface area contributed by atoms with Crippen molar-refractivity contribution in [2.24, 2.45) is 0 Å². The molecule has 39 heavy (non-hydrogen) atoms. The topological polar surface area (TPSA) is 123 Å². The van der Waals surface area contributed by atoms with Gasteiger partial charge in [-0.2, -0.15) is 0 Å². The van der Waals surface area contributed by atoms with Gasteiger partial charge in [0.15, 0.2) is 11.5 Å². The third-order valence-corrected chi connectivity index (χ3v) is 6.54. The quantitative estimate of drug-likeness (QED) is 0.261. The lowest BCUT2D eigenvalue weighted by Crippen LogP contribution is -2.28. The molecule has 0 spiro atoms. The molecule has 10 heteroatoms. The van der Waals surface area contributed by atoms with E-state index in [1.807, 2.05) is 79.7 Å². The summed E-state index contributed by atoms with van der Waals surface area (Å²) in [6.07, 6.45) is 3.03. The van der Waals surface area contributed by atoms with E-state index in [0.717, 1.165) is 17.0 Å². The Morgan fingerprint density at radius 2 is 1.79 bits per heavy atom. The van der Waals surface area contributed by atoms with Gasteiger partial charge in [-0.3, -0.25) is 9.36 Å². The summed E-state index contributed by atoms with van der Waals surface area (Å²) >= 11 is 0. The number of imidazole rings is 1. The highest BCUT2D eigenvalue weighted by Crippen LogP contribution is 2.26. The number of methoxy groups -OCH3 is 1. The summed E-state index contributed by atoms with van der Waals surface area (Å²) in [5.74, 6) is 1.93. The Balaban J connectivity index is 1.43. The average molecular weight is 519 g/mol. The number of fused-ring (bicyclic) bond motifs is 2. The number of hydrogen-bond acceptors (Lipinski definition) is 8. The smallest absolute Gasteiger partial charge is 0.268 e. The largest absolute Gasteiger partial charge is 0.497 e. The van der Waals surface area contributed by atoms with Gasteiger partial charge in [-0.25, -0.2) is 19.9 Å². The predicted octanol–water partition coefficient (Wildman–Crippen LogP) is 4.85. The number of nitrogens with one attached hydrogen (secondary N) is 3. The van der Waals surface area contributed by atoms with Gasteiger partial charge in [-0.1, -0.05) is 36.4 Å². The Morgan fingerprint density at radius 1 is 0.974 bits per heavy atom. The zero-order valence-corrected chi connectivity index (χ0v) is 21.4. The van der Waals surface area contributed by atoms with E-state index in [1.54, 1.807) is 18.0 Å². The van der Waals surface area contributed by atoms with Crippen molar-refractivity contribution in [1.82, 2.24) is 29.5 Å². The van der Waals surface area contributed by atoms with Gasteiger partial charge in [0.2, 0.25) is 0 Å². The first-order valence-electron chi connectivity index (χ1n) is 12.5. The molecule has 0 radical (unpaired) electrons. The van der Waals surface area contributed by atoms with Gasteiger partial charge in [0.1, 0.15) is 23.4 Å². The number of para-hydroxylation sites is 1.